The van der Waals surface area contributed by atoms with Crippen molar-refractivity contribution < 1.29 is 13.2 Å². The Labute approximate surface area is 119 Å². The minimum Gasteiger partial charge on any atom is -0.366 e. The second kappa shape index (κ2) is 5.80. The molecule has 0 saturated carbocycles. The normalized spacial score (nSPS) is 20.6. The van der Waals surface area contributed by atoms with Gasteiger partial charge < -0.3 is 5.73 Å². The van der Waals surface area contributed by atoms with E-state index in [9.17, 15) is 13.2 Å². The van der Waals surface area contributed by atoms with Crippen LogP contribution in [0.15, 0.2) is 24.3 Å². The van der Waals surface area contributed by atoms with E-state index in [-0.39, 0.29) is 0 Å². The van der Waals surface area contributed by atoms with Gasteiger partial charge in [-0.05, 0) is 43.0 Å². The third-order valence-corrected chi connectivity index (χ3v) is 4.88. The molecule has 0 spiro atoms. The Morgan fingerprint density at radius 3 is 2.55 bits per heavy atom. The summed E-state index contributed by atoms with van der Waals surface area (Å²) in [6, 6.07) is 6.06. The van der Waals surface area contributed by atoms with E-state index in [0.717, 1.165) is 12.8 Å². The summed E-state index contributed by atoms with van der Waals surface area (Å²) in [5, 5.41) is 0. The lowest BCUT2D eigenvalue weighted by molar-refractivity contribution is 0.100. The van der Waals surface area contributed by atoms with Crippen molar-refractivity contribution in [3.05, 3.63) is 29.8 Å². The molecular weight excluding hydrogens is 278 g/mol. The first kappa shape index (κ1) is 14.8. The van der Waals surface area contributed by atoms with Crippen molar-refractivity contribution in [3.63, 3.8) is 0 Å². The molecule has 0 bridgehead atoms. The number of nitrogens with one attached hydrogen (secondary N) is 1. The number of amides is 1. The lowest BCUT2D eigenvalue weighted by Crippen LogP contribution is -2.42. The van der Waals surface area contributed by atoms with Gasteiger partial charge in [0.05, 0.1) is 0 Å². The van der Waals surface area contributed by atoms with Crippen LogP contribution in [0, 0.1) is 5.92 Å². The van der Waals surface area contributed by atoms with Crippen LogP contribution >= 0.6 is 0 Å². The molecule has 0 aliphatic carbocycles. The van der Waals surface area contributed by atoms with Crippen LogP contribution in [0.4, 0.5) is 5.69 Å². The second-order valence-corrected chi connectivity index (χ2v) is 6.82. The molecule has 1 saturated heterocycles. The molecule has 0 aromatic heterocycles. The van der Waals surface area contributed by atoms with E-state index in [1.54, 1.807) is 0 Å². The van der Waals surface area contributed by atoms with Crippen LogP contribution in [0.5, 0.6) is 0 Å². The van der Waals surface area contributed by atoms with Crippen molar-refractivity contribution in [2.75, 3.05) is 17.8 Å². The standard InChI is InChI=1S/C13H19N3O3S/c1-10-3-2-8-16(9-10)20(18,19)15-12-6-4-11(5-7-12)13(14)17/h4-7,10,15H,2-3,8-9H2,1H3,(H2,14,17). The maximum atomic E-state index is 12.2. The monoisotopic (exact) mass is 297 g/mol. The van der Waals surface area contributed by atoms with E-state index in [4.69, 9.17) is 5.73 Å². The van der Waals surface area contributed by atoms with E-state index < -0.39 is 16.1 Å². The average molecular weight is 297 g/mol. The minimum absolute atomic E-state index is 0.347. The van der Waals surface area contributed by atoms with Crippen LogP contribution in [0.25, 0.3) is 0 Å². The number of nitrogens with two attached hydrogens (primary N) is 1. The molecule has 1 amide bonds. The molecule has 2 rings (SSSR count). The Morgan fingerprint density at radius 2 is 2.00 bits per heavy atom. The van der Waals surface area contributed by atoms with Crippen molar-refractivity contribution in [1.82, 2.24) is 4.31 Å². The summed E-state index contributed by atoms with van der Waals surface area (Å²) < 4.78 is 28.5. The molecule has 110 valence electrons. The molecule has 1 aliphatic rings. The highest BCUT2D eigenvalue weighted by Crippen LogP contribution is 2.20. The lowest BCUT2D eigenvalue weighted by atomic mass is 10.0. The zero-order valence-corrected chi connectivity index (χ0v) is 12.2. The molecule has 1 aliphatic heterocycles. The van der Waals surface area contributed by atoms with Crippen LogP contribution < -0.4 is 10.5 Å². The molecular formula is C13H19N3O3S. The van der Waals surface area contributed by atoms with Gasteiger partial charge in [0, 0.05) is 24.3 Å². The molecule has 1 atom stereocenters. The molecule has 1 aromatic rings. The molecule has 1 heterocycles. The molecule has 7 heteroatoms. The van der Waals surface area contributed by atoms with Gasteiger partial charge in [-0.25, -0.2) is 0 Å². The number of carbonyl (C=O) groups is 1. The average Bonchev–Trinajstić information content (AvgIpc) is 2.39. The van der Waals surface area contributed by atoms with Crippen molar-refractivity contribution in [2.24, 2.45) is 11.7 Å². The molecule has 0 radical (unpaired) electrons. The van der Waals surface area contributed by atoms with Gasteiger partial charge in [-0.2, -0.15) is 12.7 Å². The van der Waals surface area contributed by atoms with Gasteiger partial charge in [0.2, 0.25) is 5.91 Å². The fourth-order valence-electron chi connectivity index (χ4n) is 2.28. The second-order valence-electron chi connectivity index (χ2n) is 5.15. The Hall–Kier alpha value is -1.60. The number of nitrogens with zero attached hydrogens (tertiary/aromatic N) is 1. The molecule has 3 N–H and O–H groups in total. The maximum Gasteiger partial charge on any atom is 0.301 e. The molecule has 6 nitrogen and oxygen atoms in total. The van der Waals surface area contributed by atoms with E-state index in [1.165, 1.54) is 28.6 Å². The first-order chi connectivity index (χ1) is 9.38. The summed E-state index contributed by atoms with van der Waals surface area (Å²) >= 11 is 0. The highest BCUT2D eigenvalue weighted by Gasteiger charge is 2.26. The Balaban J connectivity index is 2.09. The maximum absolute atomic E-state index is 12.2. The zero-order valence-electron chi connectivity index (χ0n) is 11.4. The SMILES string of the molecule is CC1CCCN(S(=O)(=O)Nc2ccc(C(N)=O)cc2)C1. The summed E-state index contributed by atoms with van der Waals surface area (Å²) in [7, 11) is -3.54. The number of piperidine rings is 1. The largest absolute Gasteiger partial charge is 0.366 e. The molecule has 1 aromatic carbocycles. The first-order valence-electron chi connectivity index (χ1n) is 6.56. The predicted molar refractivity (Wildman–Crippen MR) is 77.5 cm³/mol. The summed E-state index contributed by atoms with van der Waals surface area (Å²) in [4.78, 5) is 11.0. The molecule has 1 unspecified atom stereocenters. The predicted octanol–water partition coefficient (Wildman–Crippen LogP) is 1.17. The Morgan fingerprint density at radius 1 is 1.35 bits per heavy atom. The van der Waals surface area contributed by atoms with Crippen molar-refractivity contribution in [1.29, 1.82) is 0 Å². The smallest absolute Gasteiger partial charge is 0.301 e. The van der Waals surface area contributed by atoms with Crippen molar-refractivity contribution in [2.45, 2.75) is 19.8 Å². The van der Waals surface area contributed by atoms with E-state index in [2.05, 4.69) is 4.72 Å². The highest BCUT2D eigenvalue weighted by atomic mass is 32.2. The van der Waals surface area contributed by atoms with E-state index >= 15 is 0 Å². The summed E-state index contributed by atoms with van der Waals surface area (Å²) in [5.41, 5.74) is 5.91. The summed E-state index contributed by atoms with van der Waals surface area (Å²) in [5.74, 6) is -0.165. The van der Waals surface area contributed by atoms with Crippen LogP contribution in [0.1, 0.15) is 30.1 Å². The van der Waals surface area contributed by atoms with Crippen molar-refractivity contribution in [3.8, 4) is 0 Å². The number of hydrogen-bond donors (Lipinski definition) is 2. The van der Waals surface area contributed by atoms with Crippen LogP contribution in [0.3, 0.4) is 0 Å². The number of primary amides is 1. The number of rotatable bonds is 4. The first-order valence-corrected chi connectivity index (χ1v) is 8.00. The fourth-order valence-corrected chi connectivity index (χ4v) is 3.66. The van der Waals surface area contributed by atoms with Gasteiger partial charge in [0.25, 0.3) is 0 Å². The quantitative estimate of drug-likeness (QED) is 0.874. The van der Waals surface area contributed by atoms with Crippen molar-refractivity contribution >= 4 is 21.8 Å². The Bertz CT molecular complexity index is 583. The zero-order chi connectivity index (χ0) is 14.8. The van der Waals surface area contributed by atoms with E-state index in [1.807, 2.05) is 6.92 Å². The van der Waals surface area contributed by atoms with Crippen LogP contribution in [0.2, 0.25) is 0 Å². The third-order valence-electron chi connectivity index (χ3n) is 3.38. The van der Waals surface area contributed by atoms with Crippen LogP contribution in [-0.4, -0.2) is 31.7 Å². The summed E-state index contributed by atoms with van der Waals surface area (Å²) in [6.45, 7) is 3.12. The lowest BCUT2D eigenvalue weighted by Gasteiger charge is -2.30. The summed E-state index contributed by atoms with van der Waals surface area (Å²) in [6.07, 6.45) is 1.93. The molecule has 20 heavy (non-hydrogen) atoms. The topological polar surface area (TPSA) is 92.5 Å². The Kier molecular flexibility index (Phi) is 4.29. The van der Waals surface area contributed by atoms with Crippen LogP contribution in [-0.2, 0) is 10.2 Å². The van der Waals surface area contributed by atoms with Gasteiger partial charge in [-0.15, -0.1) is 0 Å². The highest BCUT2D eigenvalue weighted by molar-refractivity contribution is 7.90. The van der Waals surface area contributed by atoms with Gasteiger partial charge in [0.1, 0.15) is 0 Å². The minimum atomic E-state index is -3.54. The number of carbonyl (C=O) groups excluding carboxylic acids is 1. The van der Waals surface area contributed by atoms with Gasteiger partial charge in [-0.3, -0.25) is 9.52 Å². The van der Waals surface area contributed by atoms with Gasteiger partial charge >= 0.3 is 10.2 Å². The van der Waals surface area contributed by atoms with Gasteiger partial charge in [0.15, 0.2) is 0 Å². The number of hydrogen-bond acceptors (Lipinski definition) is 3. The molecule has 1 fully saturated rings. The third kappa shape index (κ3) is 3.49. The van der Waals surface area contributed by atoms with E-state index in [0.29, 0.717) is 30.3 Å². The number of anilines is 1. The number of benzene rings is 1. The van der Waals surface area contributed by atoms with Gasteiger partial charge in [-0.1, -0.05) is 6.92 Å². The fraction of sp³-hybridized carbons (Fsp3) is 0.462.